The predicted octanol–water partition coefficient (Wildman–Crippen LogP) is 2.18. The number of hydrogen-bond donors (Lipinski definition) is 2. The molecule has 3 nitrogen and oxygen atoms in total. The molecule has 0 aliphatic carbocycles. The summed E-state index contributed by atoms with van der Waals surface area (Å²) in [5, 5.41) is 9.16. The molecule has 0 bridgehead atoms. The van der Waals surface area contributed by atoms with E-state index in [0.29, 0.717) is 0 Å². The van der Waals surface area contributed by atoms with E-state index in [-0.39, 0.29) is 11.9 Å². The Morgan fingerprint density at radius 3 is 3.00 bits per heavy atom. The summed E-state index contributed by atoms with van der Waals surface area (Å²) in [6.45, 7) is 2.22. The molecule has 1 aromatic carbocycles. The molecule has 0 aliphatic heterocycles. The molecule has 2 N–H and O–H groups in total. The van der Waals surface area contributed by atoms with Crippen LogP contribution in [-0.4, -0.2) is 26.9 Å². The Kier molecular flexibility index (Phi) is 3.28. The molecule has 1 unspecified atom stereocenters. The minimum absolute atomic E-state index is 0.213. The predicted molar refractivity (Wildman–Crippen MR) is 63.9 cm³/mol. The number of H-pyrrole nitrogens is 1. The number of aromatic nitrogens is 2. The molecular weight excluding hydrogens is 208 g/mol. The number of nitrogens with one attached hydrogen (secondary N) is 1. The summed E-state index contributed by atoms with van der Waals surface area (Å²) in [7, 11) is 0. The molecule has 80 valence electrons. The molecule has 2 aromatic rings. The minimum atomic E-state index is 0.213. The fourth-order valence-corrected chi connectivity index (χ4v) is 2.03. The topological polar surface area (TPSA) is 48.9 Å². The van der Waals surface area contributed by atoms with E-state index in [9.17, 15) is 0 Å². The van der Waals surface area contributed by atoms with Crippen LogP contribution in [0.2, 0.25) is 0 Å². The first-order valence-corrected chi connectivity index (χ1v) is 6.00. The molecule has 0 saturated heterocycles. The molecule has 1 aromatic heterocycles. The second-order valence-electron chi connectivity index (χ2n) is 3.50. The van der Waals surface area contributed by atoms with Crippen molar-refractivity contribution in [1.82, 2.24) is 9.97 Å². The molecule has 4 heteroatoms. The van der Waals surface area contributed by atoms with Crippen LogP contribution in [0.4, 0.5) is 0 Å². The van der Waals surface area contributed by atoms with Crippen LogP contribution in [0, 0.1) is 0 Å². The fraction of sp³-hybridized carbons (Fsp3) is 0.364. The van der Waals surface area contributed by atoms with Gasteiger partial charge in [-0.2, -0.15) is 0 Å². The number of hydrogen-bond acceptors (Lipinski definition) is 3. The number of aliphatic hydroxyl groups excluding tert-OH is 1. The van der Waals surface area contributed by atoms with E-state index < -0.39 is 0 Å². The zero-order valence-corrected chi connectivity index (χ0v) is 9.42. The van der Waals surface area contributed by atoms with Crippen LogP contribution in [0.3, 0.4) is 0 Å². The van der Waals surface area contributed by atoms with E-state index in [2.05, 4.69) is 9.97 Å². The van der Waals surface area contributed by atoms with E-state index in [4.69, 9.17) is 5.11 Å². The summed E-state index contributed by atoms with van der Waals surface area (Å²) in [4.78, 5) is 7.72. The third-order valence-corrected chi connectivity index (χ3v) is 3.36. The number of imidazole rings is 1. The van der Waals surface area contributed by atoms with Gasteiger partial charge in [-0.1, -0.05) is 19.1 Å². The Morgan fingerprint density at radius 1 is 1.47 bits per heavy atom. The van der Waals surface area contributed by atoms with Crippen LogP contribution in [-0.2, 0) is 5.75 Å². The van der Waals surface area contributed by atoms with E-state index in [1.807, 2.05) is 31.2 Å². The van der Waals surface area contributed by atoms with Crippen LogP contribution in [0.1, 0.15) is 12.7 Å². The summed E-state index contributed by atoms with van der Waals surface area (Å²) < 4.78 is 0. The largest absolute Gasteiger partial charge is 0.395 e. The number of benzene rings is 1. The first-order chi connectivity index (χ1) is 7.29. The van der Waals surface area contributed by atoms with Crippen molar-refractivity contribution in [2.75, 3.05) is 6.61 Å². The first kappa shape index (κ1) is 10.5. The lowest BCUT2D eigenvalue weighted by Crippen LogP contribution is -2.02. The second kappa shape index (κ2) is 4.68. The molecule has 0 saturated carbocycles. The average Bonchev–Trinajstić information content (AvgIpc) is 2.68. The maximum atomic E-state index is 8.90. The maximum Gasteiger partial charge on any atom is 0.117 e. The highest BCUT2D eigenvalue weighted by molar-refractivity contribution is 7.99. The van der Waals surface area contributed by atoms with Crippen LogP contribution in [0.15, 0.2) is 24.3 Å². The van der Waals surface area contributed by atoms with Gasteiger partial charge in [-0.3, -0.25) is 0 Å². The molecule has 15 heavy (non-hydrogen) atoms. The van der Waals surface area contributed by atoms with Gasteiger partial charge in [-0.25, -0.2) is 4.98 Å². The van der Waals surface area contributed by atoms with Crippen molar-refractivity contribution >= 4 is 22.8 Å². The monoisotopic (exact) mass is 222 g/mol. The van der Waals surface area contributed by atoms with Crippen molar-refractivity contribution in [2.24, 2.45) is 0 Å². The van der Waals surface area contributed by atoms with Gasteiger partial charge >= 0.3 is 0 Å². The normalized spacial score (nSPS) is 13.2. The number of para-hydroxylation sites is 2. The number of aromatic amines is 1. The van der Waals surface area contributed by atoms with E-state index in [1.54, 1.807) is 11.8 Å². The van der Waals surface area contributed by atoms with E-state index in [1.165, 1.54) is 0 Å². The third-order valence-electron chi connectivity index (χ3n) is 2.20. The molecule has 0 amide bonds. The highest BCUT2D eigenvalue weighted by Crippen LogP contribution is 2.18. The van der Waals surface area contributed by atoms with Gasteiger partial charge in [0.15, 0.2) is 0 Å². The van der Waals surface area contributed by atoms with Crippen molar-refractivity contribution in [1.29, 1.82) is 0 Å². The zero-order chi connectivity index (χ0) is 10.7. The maximum absolute atomic E-state index is 8.90. The van der Waals surface area contributed by atoms with Crippen LogP contribution >= 0.6 is 11.8 Å². The van der Waals surface area contributed by atoms with Crippen LogP contribution in [0.25, 0.3) is 11.0 Å². The van der Waals surface area contributed by atoms with E-state index in [0.717, 1.165) is 22.6 Å². The van der Waals surface area contributed by atoms with Crippen molar-refractivity contribution in [3.63, 3.8) is 0 Å². The lowest BCUT2D eigenvalue weighted by atomic mass is 10.3. The molecule has 0 aliphatic rings. The Labute approximate surface area is 92.9 Å². The lowest BCUT2D eigenvalue weighted by molar-refractivity contribution is 0.300. The molecule has 2 rings (SSSR count). The molecule has 0 spiro atoms. The summed E-state index contributed by atoms with van der Waals surface area (Å²) in [5.74, 6) is 1.79. The van der Waals surface area contributed by atoms with Gasteiger partial charge in [0.05, 0.1) is 23.4 Å². The van der Waals surface area contributed by atoms with Crippen LogP contribution < -0.4 is 0 Å². The van der Waals surface area contributed by atoms with Gasteiger partial charge in [0.25, 0.3) is 0 Å². The van der Waals surface area contributed by atoms with Gasteiger partial charge in [0, 0.05) is 5.25 Å². The van der Waals surface area contributed by atoms with Crippen molar-refractivity contribution in [3.8, 4) is 0 Å². The average molecular weight is 222 g/mol. The van der Waals surface area contributed by atoms with Gasteiger partial charge in [-0.15, -0.1) is 11.8 Å². The van der Waals surface area contributed by atoms with Gasteiger partial charge in [-0.05, 0) is 12.1 Å². The fourth-order valence-electron chi connectivity index (χ4n) is 1.35. The molecule has 1 atom stereocenters. The van der Waals surface area contributed by atoms with Crippen molar-refractivity contribution in [3.05, 3.63) is 30.1 Å². The Morgan fingerprint density at radius 2 is 2.27 bits per heavy atom. The van der Waals surface area contributed by atoms with Gasteiger partial charge in [0.1, 0.15) is 5.82 Å². The van der Waals surface area contributed by atoms with E-state index >= 15 is 0 Å². The summed E-state index contributed by atoms with van der Waals surface area (Å²) >= 11 is 1.70. The SMILES string of the molecule is CC(CO)SCc1nc2ccccc2[nH]1. The quantitative estimate of drug-likeness (QED) is 0.833. The third kappa shape index (κ3) is 2.52. The summed E-state index contributed by atoms with van der Waals surface area (Å²) in [6.07, 6.45) is 0. The number of thioether (sulfide) groups is 1. The molecule has 0 radical (unpaired) electrons. The summed E-state index contributed by atoms with van der Waals surface area (Å²) in [5.41, 5.74) is 2.08. The molecule has 0 fully saturated rings. The Balaban J connectivity index is 2.09. The highest BCUT2D eigenvalue weighted by atomic mass is 32.2. The Bertz CT molecular complexity index is 408. The van der Waals surface area contributed by atoms with Crippen LogP contribution in [0.5, 0.6) is 0 Å². The standard InChI is InChI=1S/C11H14N2OS/c1-8(6-14)15-7-11-12-9-4-2-3-5-10(9)13-11/h2-5,8,14H,6-7H2,1H3,(H,12,13). The number of rotatable bonds is 4. The van der Waals surface area contributed by atoms with Gasteiger partial charge < -0.3 is 10.1 Å². The molecule has 1 heterocycles. The molecular formula is C11H14N2OS. The highest BCUT2D eigenvalue weighted by Gasteiger charge is 2.05. The smallest absolute Gasteiger partial charge is 0.117 e. The number of fused-ring (bicyclic) bond motifs is 1. The first-order valence-electron chi connectivity index (χ1n) is 4.95. The number of aliphatic hydroxyl groups is 1. The van der Waals surface area contributed by atoms with Gasteiger partial charge in [0.2, 0.25) is 0 Å². The number of nitrogens with zero attached hydrogens (tertiary/aromatic N) is 1. The summed E-state index contributed by atoms with van der Waals surface area (Å²) in [6, 6.07) is 7.99. The Hall–Kier alpha value is -1.00. The zero-order valence-electron chi connectivity index (χ0n) is 8.60. The van der Waals surface area contributed by atoms with Crippen molar-refractivity contribution in [2.45, 2.75) is 17.9 Å². The minimum Gasteiger partial charge on any atom is -0.395 e. The lowest BCUT2D eigenvalue weighted by Gasteiger charge is -2.04. The second-order valence-corrected chi connectivity index (χ2v) is 4.93. The van der Waals surface area contributed by atoms with Crippen molar-refractivity contribution < 1.29 is 5.11 Å².